The fourth-order valence-corrected chi connectivity index (χ4v) is 2.64. The SMILES string of the molecule is COc1ccc(CCC(=O)OC(C(=O)NC2CC2)c2ccc(F)cc2)cc1. The zero-order valence-corrected chi connectivity index (χ0v) is 15.1. The van der Waals surface area contributed by atoms with Crippen molar-refractivity contribution in [1.29, 1.82) is 0 Å². The zero-order valence-electron chi connectivity index (χ0n) is 15.1. The second kappa shape index (κ2) is 8.66. The number of hydrogen-bond donors (Lipinski definition) is 1. The number of halogens is 1. The molecule has 0 radical (unpaired) electrons. The highest BCUT2D eigenvalue weighted by molar-refractivity contribution is 5.85. The second-order valence-electron chi connectivity index (χ2n) is 6.55. The molecule has 0 aromatic heterocycles. The maximum Gasteiger partial charge on any atom is 0.307 e. The van der Waals surface area contributed by atoms with Gasteiger partial charge in [0.2, 0.25) is 6.10 Å². The number of aryl methyl sites for hydroxylation is 1. The van der Waals surface area contributed by atoms with Gasteiger partial charge in [-0.25, -0.2) is 4.39 Å². The van der Waals surface area contributed by atoms with Crippen LogP contribution in [0.4, 0.5) is 4.39 Å². The molecule has 1 aliphatic rings. The van der Waals surface area contributed by atoms with Crippen molar-refractivity contribution in [3.05, 3.63) is 65.5 Å². The van der Waals surface area contributed by atoms with Gasteiger partial charge in [-0.15, -0.1) is 0 Å². The molecule has 0 aliphatic heterocycles. The summed E-state index contributed by atoms with van der Waals surface area (Å²) in [5.41, 5.74) is 1.42. The summed E-state index contributed by atoms with van der Waals surface area (Å²) < 4.78 is 23.7. The van der Waals surface area contributed by atoms with Crippen LogP contribution in [0.1, 0.15) is 36.5 Å². The van der Waals surface area contributed by atoms with Gasteiger partial charge in [-0.1, -0.05) is 24.3 Å². The highest BCUT2D eigenvalue weighted by atomic mass is 19.1. The molecule has 1 aliphatic carbocycles. The molecule has 0 spiro atoms. The molecule has 3 rings (SSSR count). The predicted octanol–water partition coefficient (Wildman–Crippen LogP) is 3.33. The summed E-state index contributed by atoms with van der Waals surface area (Å²) in [5, 5.41) is 2.84. The monoisotopic (exact) mass is 371 g/mol. The van der Waals surface area contributed by atoms with Crippen molar-refractivity contribution in [2.75, 3.05) is 7.11 Å². The molecule has 1 atom stereocenters. The zero-order chi connectivity index (χ0) is 19.2. The van der Waals surface area contributed by atoms with E-state index in [1.807, 2.05) is 24.3 Å². The average Bonchev–Trinajstić information content (AvgIpc) is 3.49. The number of carbonyl (C=O) groups is 2. The number of benzene rings is 2. The highest BCUT2D eigenvalue weighted by Gasteiger charge is 2.30. The Labute approximate surface area is 157 Å². The highest BCUT2D eigenvalue weighted by Crippen LogP contribution is 2.24. The third kappa shape index (κ3) is 5.54. The first-order valence-corrected chi connectivity index (χ1v) is 8.93. The van der Waals surface area contributed by atoms with Crippen LogP contribution in [0.3, 0.4) is 0 Å². The Morgan fingerprint density at radius 2 is 1.78 bits per heavy atom. The van der Waals surface area contributed by atoms with Crippen molar-refractivity contribution in [3.63, 3.8) is 0 Å². The molecular weight excluding hydrogens is 349 g/mol. The molecule has 1 N–H and O–H groups in total. The third-order valence-electron chi connectivity index (χ3n) is 4.36. The van der Waals surface area contributed by atoms with E-state index in [1.165, 1.54) is 24.3 Å². The lowest BCUT2D eigenvalue weighted by Gasteiger charge is -2.18. The standard InChI is InChI=1S/C21H22FNO4/c1-26-18-11-2-14(3-12-18)4-13-19(24)27-20(21(25)23-17-9-10-17)15-5-7-16(22)8-6-15/h2-3,5-8,11-12,17,20H,4,9-10,13H2,1H3,(H,23,25). The van der Waals surface area contributed by atoms with Crippen molar-refractivity contribution in [1.82, 2.24) is 5.32 Å². The second-order valence-corrected chi connectivity index (χ2v) is 6.55. The summed E-state index contributed by atoms with van der Waals surface area (Å²) in [6.45, 7) is 0. The van der Waals surface area contributed by atoms with Gasteiger partial charge in [-0.3, -0.25) is 9.59 Å². The molecule has 1 unspecified atom stereocenters. The molecule has 142 valence electrons. The number of hydrogen-bond acceptors (Lipinski definition) is 4. The molecule has 5 nitrogen and oxygen atoms in total. The van der Waals surface area contributed by atoms with Gasteiger partial charge in [-0.2, -0.15) is 0 Å². The number of ether oxygens (including phenoxy) is 2. The van der Waals surface area contributed by atoms with E-state index >= 15 is 0 Å². The minimum Gasteiger partial charge on any atom is -0.497 e. The van der Waals surface area contributed by atoms with Crippen molar-refractivity contribution in [3.8, 4) is 5.75 Å². The lowest BCUT2D eigenvalue weighted by Crippen LogP contribution is -2.33. The molecular formula is C21H22FNO4. The number of methoxy groups -OCH3 is 1. The molecule has 6 heteroatoms. The number of amides is 1. The van der Waals surface area contributed by atoms with E-state index < -0.39 is 17.9 Å². The van der Waals surface area contributed by atoms with E-state index in [-0.39, 0.29) is 18.4 Å². The van der Waals surface area contributed by atoms with Crippen LogP contribution in [0.5, 0.6) is 5.75 Å². The Hall–Kier alpha value is -2.89. The first-order valence-electron chi connectivity index (χ1n) is 8.93. The van der Waals surface area contributed by atoms with Gasteiger partial charge >= 0.3 is 5.97 Å². The average molecular weight is 371 g/mol. The predicted molar refractivity (Wildman–Crippen MR) is 97.7 cm³/mol. The normalized spacial score (nSPS) is 14.3. The van der Waals surface area contributed by atoms with Crippen LogP contribution in [0.25, 0.3) is 0 Å². The van der Waals surface area contributed by atoms with Crippen molar-refractivity contribution >= 4 is 11.9 Å². The quantitative estimate of drug-likeness (QED) is 0.723. The lowest BCUT2D eigenvalue weighted by atomic mass is 10.1. The maximum atomic E-state index is 13.2. The maximum absolute atomic E-state index is 13.2. The minimum atomic E-state index is -1.07. The van der Waals surface area contributed by atoms with Gasteiger partial charge < -0.3 is 14.8 Å². The topological polar surface area (TPSA) is 64.6 Å². The first-order chi connectivity index (χ1) is 13.0. The smallest absolute Gasteiger partial charge is 0.307 e. The summed E-state index contributed by atoms with van der Waals surface area (Å²) in [6, 6.07) is 13.0. The molecule has 1 saturated carbocycles. The molecule has 27 heavy (non-hydrogen) atoms. The Bertz CT molecular complexity index is 785. The van der Waals surface area contributed by atoms with E-state index in [1.54, 1.807) is 7.11 Å². The lowest BCUT2D eigenvalue weighted by molar-refractivity contribution is -0.156. The van der Waals surface area contributed by atoms with E-state index in [2.05, 4.69) is 5.32 Å². The van der Waals surface area contributed by atoms with Gasteiger partial charge in [0.05, 0.1) is 7.11 Å². The summed E-state index contributed by atoms with van der Waals surface area (Å²) >= 11 is 0. The fraction of sp³-hybridized carbons (Fsp3) is 0.333. The van der Waals surface area contributed by atoms with Crippen molar-refractivity contribution in [2.24, 2.45) is 0 Å². The first kappa shape index (κ1) is 18.9. The number of rotatable bonds is 8. The van der Waals surface area contributed by atoms with Crippen LogP contribution in [0, 0.1) is 5.82 Å². The van der Waals surface area contributed by atoms with E-state index in [0.717, 1.165) is 24.2 Å². The van der Waals surface area contributed by atoms with Crippen molar-refractivity contribution < 1.29 is 23.5 Å². The Kier molecular flexibility index (Phi) is 6.06. The van der Waals surface area contributed by atoms with Crippen LogP contribution in [0.15, 0.2) is 48.5 Å². The molecule has 0 saturated heterocycles. The van der Waals surface area contributed by atoms with Gasteiger partial charge in [0.15, 0.2) is 0 Å². The molecule has 1 amide bonds. The third-order valence-corrected chi connectivity index (χ3v) is 4.36. The summed E-state index contributed by atoms with van der Waals surface area (Å²) in [5.74, 6) is -0.520. The Morgan fingerprint density at radius 3 is 2.37 bits per heavy atom. The fourth-order valence-electron chi connectivity index (χ4n) is 2.64. The van der Waals surface area contributed by atoms with Crippen LogP contribution in [0.2, 0.25) is 0 Å². The number of carbonyl (C=O) groups excluding carboxylic acids is 2. The van der Waals surface area contributed by atoms with Gasteiger partial charge in [0.1, 0.15) is 11.6 Å². The van der Waals surface area contributed by atoms with Crippen LogP contribution < -0.4 is 10.1 Å². The van der Waals surface area contributed by atoms with Gasteiger partial charge in [0, 0.05) is 18.0 Å². The largest absolute Gasteiger partial charge is 0.497 e. The number of esters is 1. The molecule has 0 heterocycles. The molecule has 1 fully saturated rings. The van der Waals surface area contributed by atoms with E-state index in [4.69, 9.17) is 9.47 Å². The molecule has 2 aromatic rings. The van der Waals surface area contributed by atoms with E-state index in [0.29, 0.717) is 12.0 Å². The Balaban J connectivity index is 1.62. The molecule has 2 aromatic carbocycles. The Morgan fingerprint density at radius 1 is 1.11 bits per heavy atom. The van der Waals surface area contributed by atoms with Gasteiger partial charge in [-0.05, 0) is 49.1 Å². The summed E-state index contributed by atoms with van der Waals surface area (Å²) in [4.78, 5) is 24.8. The minimum absolute atomic E-state index is 0.137. The van der Waals surface area contributed by atoms with Gasteiger partial charge in [0.25, 0.3) is 5.91 Å². The number of nitrogens with one attached hydrogen (secondary N) is 1. The molecule has 0 bridgehead atoms. The summed E-state index contributed by atoms with van der Waals surface area (Å²) in [7, 11) is 1.59. The van der Waals surface area contributed by atoms with Crippen molar-refractivity contribution in [2.45, 2.75) is 37.8 Å². The van der Waals surface area contributed by atoms with E-state index in [9.17, 15) is 14.0 Å². The van der Waals surface area contributed by atoms with Crippen LogP contribution >= 0.6 is 0 Å². The van der Waals surface area contributed by atoms with Crippen LogP contribution in [-0.2, 0) is 20.7 Å². The summed E-state index contributed by atoms with van der Waals surface area (Å²) in [6.07, 6.45) is 1.40. The van der Waals surface area contributed by atoms with Crippen LogP contribution in [-0.4, -0.2) is 25.0 Å².